The Morgan fingerprint density at radius 2 is 1.79 bits per heavy atom. The first-order chi connectivity index (χ1) is 14.2. The first-order valence-corrected chi connectivity index (χ1v) is 9.87. The predicted molar refractivity (Wildman–Crippen MR) is 111 cm³/mol. The number of nitrogens with zero attached hydrogens (tertiary/aromatic N) is 1. The Morgan fingerprint density at radius 1 is 1.00 bits per heavy atom. The van der Waals surface area contributed by atoms with Crippen LogP contribution in [-0.2, 0) is 13.0 Å². The molecule has 0 spiro atoms. The van der Waals surface area contributed by atoms with Crippen LogP contribution in [0.4, 0.5) is 5.69 Å². The van der Waals surface area contributed by atoms with Gasteiger partial charge in [0.2, 0.25) is 6.79 Å². The summed E-state index contributed by atoms with van der Waals surface area (Å²) in [7, 11) is 0. The summed E-state index contributed by atoms with van der Waals surface area (Å²) < 4.78 is 10.9. The number of aryl methyl sites for hydroxylation is 1. The van der Waals surface area contributed by atoms with Gasteiger partial charge in [0.15, 0.2) is 11.5 Å². The first kappa shape index (κ1) is 17.6. The number of nitrogens with one attached hydrogen (secondary N) is 1. The van der Waals surface area contributed by atoms with Gasteiger partial charge in [0.25, 0.3) is 5.91 Å². The molecule has 0 aromatic heterocycles. The van der Waals surface area contributed by atoms with Crippen LogP contribution in [0.25, 0.3) is 0 Å². The van der Waals surface area contributed by atoms with Crippen LogP contribution in [0.5, 0.6) is 11.5 Å². The van der Waals surface area contributed by atoms with E-state index in [9.17, 15) is 4.79 Å². The summed E-state index contributed by atoms with van der Waals surface area (Å²) in [5.74, 6) is 1.51. The van der Waals surface area contributed by atoms with E-state index in [-0.39, 0.29) is 18.9 Å². The van der Waals surface area contributed by atoms with Crippen molar-refractivity contribution in [3.8, 4) is 11.5 Å². The zero-order chi connectivity index (χ0) is 19.8. The summed E-state index contributed by atoms with van der Waals surface area (Å²) in [6.45, 7) is 2.86. The molecule has 3 aromatic carbocycles. The third-order valence-electron chi connectivity index (χ3n) is 5.54. The van der Waals surface area contributed by atoms with Gasteiger partial charge in [-0.15, -0.1) is 0 Å². The standard InChI is InChI=1S/C24H22N2O3/c1-2-17-7-3-6-10-20(17)25-23-18-8-4-5-9-19(18)24(27)26(23)14-16-11-12-21-22(13-16)29-15-28-21/h3-13,23,25H,2,14-15H2,1H3. The van der Waals surface area contributed by atoms with Crippen molar-refractivity contribution in [3.05, 3.63) is 89.0 Å². The molecule has 1 amide bonds. The summed E-state index contributed by atoms with van der Waals surface area (Å²) in [6, 6.07) is 21.9. The molecule has 5 nitrogen and oxygen atoms in total. The highest BCUT2D eigenvalue weighted by molar-refractivity contribution is 5.99. The number of rotatable bonds is 5. The molecule has 0 saturated carbocycles. The minimum Gasteiger partial charge on any atom is -0.454 e. The second-order valence-electron chi connectivity index (χ2n) is 7.27. The molecule has 5 heteroatoms. The largest absolute Gasteiger partial charge is 0.454 e. The molecule has 2 aliphatic rings. The quantitative estimate of drug-likeness (QED) is 0.688. The van der Waals surface area contributed by atoms with Crippen molar-refractivity contribution >= 4 is 11.6 Å². The van der Waals surface area contributed by atoms with Gasteiger partial charge in [0, 0.05) is 23.4 Å². The van der Waals surface area contributed by atoms with Crippen LogP contribution >= 0.6 is 0 Å². The molecule has 2 heterocycles. The SMILES string of the molecule is CCc1ccccc1NC1c2ccccc2C(=O)N1Cc1ccc2c(c1)OCO2. The molecule has 1 atom stereocenters. The molecule has 5 rings (SSSR count). The highest BCUT2D eigenvalue weighted by Gasteiger charge is 2.36. The molecule has 1 unspecified atom stereocenters. The van der Waals surface area contributed by atoms with Crippen molar-refractivity contribution < 1.29 is 14.3 Å². The molecule has 3 aromatic rings. The number of carbonyl (C=O) groups is 1. The predicted octanol–water partition coefficient (Wildman–Crippen LogP) is 4.74. The lowest BCUT2D eigenvalue weighted by atomic mass is 10.1. The number of para-hydroxylation sites is 1. The van der Waals surface area contributed by atoms with E-state index in [4.69, 9.17) is 9.47 Å². The molecule has 2 aliphatic heterocycles. The fourth-order valence-electron chi connectivity index (χ4n) is 4.04. The lowest BCUT2D eigenvalue weighted by Crippen LogP contribution is -2.32. The smallest absolute Gasteiger partial charge is 0.256 e. The van der Waals surface area contributed by atoms with Crippen molar-refractivity contribution in [1.29, 1.82) is 0 Å². The first-order valence-electron chi connectivity index (χ1n) is 9.87. The number of ether oxygens (including phenoxy) is 2. The van der Waals surface area contributed by atoms with E-state index in [1.54, 1.807) is 0 Å². The molecule has 0 fully saturated rings. The summed E-state index contributed by atoms with van der Waals surface area (Å²) >= 11 is 0. The van der Waals surface area contributed by atoms with Crippen LogP contribution in [0.15, 0.2) is 66.7 Å². The summed E-state index contributed by atoms with van der Waals surface area (Å²) in [6.07, 6.45) is 0.699. The highest BCUT2D eigenvalue weighted by atomic mass is 16.7. The third kappa shape index (κ3) is 3.09. The van der Waals surface area contributed by atoms with E-state index >= 15 is 0 Å². The van der Waals surface area contributed by atoms with Gasteiger partial charge in [-0.3, -0.25) is 4.79 Å². The highest BCUT2D eigenvalue weighted by Crippen LogP contribution is 2.38. The Bertz CT molecular complexity index is 1080. The molecule has 0 bridgehead atoms. The van der Waals surface area contributed by atoms with E-state index in [0.717, 1.165) is 40.3 Å². The number of hydrogen-bond donors (Lipinski definition) is 1. The minimum absolute atomic E-state index is 0.0322. The maximum Gasteiger partial charge on any atom is 0.256 e. The van der Waals surface area contributed by atoms with Gasteiger partial charge in [-0.2, -0.15) is 0 Å². The summed E-state index contributed by atoms with van der Waals surface area (Å²) in [5.41, 5.74) is 5.04. The fourth-order valence-corrected chi connectivity index (χ4v) is 4.04. The average molecular weight is 386 g/mol. The van der Waals surface area contributed by atoms with Crippen LogP contribution in [0.2, 0.25) is 0 Å². The Kier molecular flexibility index (Phi) is 4.35. The Hall–Kier alpha value is -3.47. The van der Waals surface area contributed by atoms with E-state index in [0.29, 0.717) is 6.54 Å². The lowest BCUT2D eigenvalue weighted by Gasteiger charge is -2.28. The van der Waals surface area contributed by atoms with Gasteiger partial charge in [0.05, 0.1) is 0 Å². The van der Waals surface area contributed by atoms with Crippen molar-refractivity contribution in [2.75, 3.05) is 12.1 Å². The molecule has 146 valence electrons. The van der Waals surface area contributed by atoms with Gasteiger partial charge < -0.3 is 19.7 Å². The fraction of sp³-hybridized carbons (Fsp3) is 0.208. The monoisotopic (exact) mass is 386 g/mol. The van der Waals surface area contributed by atoms with E-state index < -0.39 is 0 Å². The zero-order valence-corrected chi connectivity index (χ0v) is 16.2. The normalized spacial score (nSPS) is 16.8. The van der Waals surface area contributed by atoms with Crippen molar-refractivity contribution in [3.63, 3.8) is 0 Å². The van der Waals surface area contributed by atoms with Gasteiger partial charge in [-0.05, 0) is 41.8 Å². The lowest BCUT2D eigenvalue weighted by molar-refractivity contribution is 0.0728. The van der Waals surface area contributed by atoms with Crippen molar-refractivity contribution in [2.45, 2.75) is 26.1 Å². The number of amides is 1. The van der Waals surface area contributed by atoms with Gasteiger partial charge in [-0.25, -0.2) is 0 Å². The van der Waals surface area contributed by atoms with E-state index in [1.807, 2.05) is 59.5 Å². The zero-order valence-electron chi connectivity index (χ0n) is 16.2. The second-order valence-corrected chi connectivity index (χ2v) is 7.27. The Morgan fingerprint density at radius 3 is 2.69 bits per heavy atom. The van der Waals surface area contributed by atoms with Crippen molar-refractivity contribution in [2.24, 2.45) is 0 Å². The minimum atomic E-state index is -0.225. The number of hydrogen-bond acceptors (Lipinski definition) is 4. The third-order valence-corrected chi connectivity index (χ3v) is 5.54. The van der Waals surface area contributed by atoms with E-state index in [2.05, 4.69) is 24.4 Å². The maximum absolute atomic E-state index is 13.2. The number of fused-ring (bicyclic) bond motifs is 2. The van der Waals surface area contributed by atoms with Crippen LogP contribution in [0.3, 0.4) is 0 Å². The van der Waals surface area contributed by atoms with Crippen LogP contribution < -0.4 is 14.8 Å². The van der Waals surface area contributed by atoms with Gasteiger partial charge in [0.1, 0.15) is 6.17 Å². The van der Waals surface area contributed by atoms with Gasteiger partial charge in [-0.1, -0.05) is 49.4 Å². The molecule has 0 aliphatic carbocycles. The van der Waals surface area contributed by atoms with Crippen LogP contribution in [0, 0.1) is 0 Å². The van der Waals surface area contributed by atoms with E-state index in [1.165, 1.54) is 5.56 Å². The number of benzene rings is 3. The summed E-state index contributed by atoms with van der Waals surface area (Å²) in [5, 5.41) is 3.62. The molecule has 1 N–H and O–H groups in total. The second kappa shape index (κ2) is 7.17. The topological polar surface area (TPSA) is 50.8 Å². The van der Waals surface area contributed by atoms with Crippen LogP contribution in [0.1, 0.15) is 40.1 Å². The summed E-state index contributed by atoms with van der Waals surface area (Å²) in [4.78, 5) is 15.1. The molecular weight excluding hydrogens is 364 g/mol. The maximum atomic E-state index is 13.2. The number of anilines is 1. The Labute approximate surface area is 169 Å². The molecular formula is C24H22N2O3. The average Bonchev–Trinajstić information content (AvgIpc) is 3.33. The molecule has 29 heavy (non-hydrogen) atoms. The Balaban J connectivity index is 1.50. The molecule has 0 saturated heterocycles. The van der Waals surface area contributed by atoms with Gasteiger partial charge >= 0.3 is 0 Å². The van der Waals surface area contributed by atoms with Crippen LogP contribution in [-0.4, -0.2) is 17.6 Å². The molecule has 0 radical (unpaired) electrons. The van der Waals surface area contributed by atoms with Crippen molar-refractivity contribution in [1.82, 2.24) is 4.90 Å². The number of carbonyl (C=O) groups excluding carboxylic acids is 1.